The zero-order chi connectivity index (χ0) is 8.97. The molecule has 1 heterocycles. The number of rotatable bonds is 2. The number of carbonyl (C=O) groups is 1. The molecular weight excluding hydrogens is 154 g/mol. The molecule has 1 aliphatic heterocycles. The number of nitrogens with one attached hydrogen (secondary N) is 1. The van der Waals surface area contributed by atoms with Gasteiger partial charge in [-0.2, -0.15) is 0 Å². The fraction of sp³-hybridized carbons (Fsp3) is 0.667. The summed E-state index contributed by atoms with van der Waals surface area (Å²) in [5, 5.41) is 3.01. The molecule has 1 aliphatic rings. The van der Waals surface area contributed by atoms with Crippen LogP contribution in [-0.4, -0.2) is 24.7 Å². The highest BCUT2D eigenvalue weighted by Gasteiger charge is 2.28. The molecule has 3 nitrogen and oxygen atoms in total. The monoisotopic (exact) mass is 167 g/mol. The largest absolute Gasteiger partial charge is 0.465 e. The lowest BCUT2D eigenvalue weighted by Gasteiger charge is -2.09. The van der Waals surface area contributed by atoms with Crippen LogP contribution < -0.4 is 5.32 Å². The third kappa shape index (κ3) is 1.99. The van der Waals surface area contributed by atoms with Gasteiger partial charge in [-0.25, -0.2) is 0 Å². The number of hydrogen-bond donors (Lipinski definition) is 1. The van der Waals surface area contributed by atoms with E-state index >= 15 is 0 Å². The fourth-order valence-corrected chi connectivity index (χ4v) is 1.30. The summed E-state index contributed by atoms with van der Waals surface area (Å²) in [6.07, 6.45) is 6.85. The average molecular weight is 167 g/mol. The van der Waals surface area contributed by atoms with Gasteiger partial charge in [0.25, 0.3) is 0 Å². The van der Waals surface area contributed by atoms with Crippen molar-refractivity contribution in [3.05, 3.63) is 0 Å². The number of terminal acetylenes is 1. The first-order valence-corrected chi connectivity index (χ1v) is 4.16. The van der Waals surface area contributed by atoms with E-state index in [2.05, 4.69) is 11.2 Å². The lowest BCUT2D eigenvalue weighted by Crippen LogP contribution is -2.36. The van der Waals surface area contributed by atoms with E-state index < -0.39 is 0 Å². The molecule has 12 heavy (non-hydrogen) atoms. The van der Waals surface area contributed by atoms with E-state index in [0.29, 0.717) is 6.61 Å². The van der Waals surface area contributed by atoms with Crippen LogP contribution in [0.1, 0.15) is 19.8 Å². The molecule has 0 unspecified atom stereocenters. The SMILES string of the molecule is C#C[C@H]1CC[C@@H](C(=O)OCC)N1. The maximum atomic E-state index is 11.2. The first-order chi connectivity index (χ1) is 5.77. The van der Waals surface area contributed by atoms with Gasteiger partial charge in [-0.1, -0.05) is 5.92 Å². The van der Waals surface area contributed by atoms with E-state index in [9.17, 15) is 4.79 Å². The molecule has 0 spiro atoms. The van der Waals surface area contributed by atoms with E-state index in [1.54, 1.807) is 6.92 Å². The van der Waals surface area contributed by atoms with Crippen LogP contribution in [0.4, 0.5) is 0 Å². The van der Waals surface area contributed by atoms with Crippen molar-refractivity contribution in [1.82, 2.24) is 5.32 Å². The number of hydrogen-bond acceptors (Lipinski definition) is 3. The van der Waals surface area contributed by atoms with Gasteiger partial charge < -0.3 is 4.74 Å². The van der Waals surface area contributed by atoms with Crippen molar-refractivity contribution in [1.29, 1.82) is 0 Å². The van der Waals surface area contributed by atoms with E-state index in [-0.39, 0.29) is 18.1 Å². The van der Waals surface area contributed by atoms with E-state index in [0.717, 1.165) is 12.8 Å². The summed E-state index contributed by atoms with van der Waals surface area (Å²) in [6.45, 7) is 2.23. The van der Waals surface area contributed by atoms with Gasteiger partial charge in [0.05, 0.1) is 12.6 Å². The maximum Gasteiger partial charge on any atom is 0.323 e. The van der Waals surface area contributed by atoms with Crippen LogP contribution >= 0.6 is 0 Å². The highest BCUT2D eigenvalue weighted by atomic mass is 16.5. The van der Waals surface area contributed by atoms with Crippen LogP contribution in [0.5, 0.6) is 0 Å². The normalized spacial score (nSPS) is 28.0. The molecule has 1 N–H and O–H groups in total. The highest BCUT2D eigenvalue weighted by Crippen LogP contribution is 2.12. The molecule has 2 atom stereocenters. The summed E-state index contributed by atoms with van der Waals surface area (Å²) in [4.78, 5) is 11.2. The Morgan fingerprint density at radius 2 is 2.50 bits per heavy atom. The Balaban J connectivity index is 2.37. The second kappa shape index (κ2) is 4.13. The first-order valence-electron chi connectivity index (χ1n) is 4.16. The summed E-state index contributed by atoms with van der Waals surface area (Å²) < 4.78 is 4.85. The Hall–Kier alpha value is -1.01. The Bertz CT molecular complexity index is 207. The molecule has 66 valence electrons. The molecule has 1 rings (SSSR count). The van der Waals surface area contributed by atoms with E-state index in [4.69, 9.17) is 11.2 Å². The second-order valence-electron chi connectivity index (χ2n) is 2.77. The fourth-order valence-electron chi connectivity index (χ4n) is 1.30. The molecule has 3 heteroatoms. The van der Waals surface area contributed by atoms with Gasteiger partial charge in [0.1, 0.15) is 6.04 Å². The van der Waals surface area contributed by atoms with Crippen LogP contribution in [0, 0.1) is 12.3 Å². The molecule has 0 bridgehead atoms. The van der Waals surface area contributed by atoms with Gasteiger partial charge in [0.2, 0.25) is 0 Å². The first kappa shape index (κ1) is 9.08. The topological polar surface area (TPSA) is 38.3 Å². The third-order valence-corrected chi connectivity index (χ3v) is 1.92. The lowest BCUT2D eigenvalue weighted by atomic mass is 10.2. The quantitative estimate of drug-likeness (QED) is 0.475. The van der Waals surface area contributed by atoms with Crippen molar-refractivity contribution < 1.29 is 9.53 Å². The molecule has 0 aromatic rings. The van der Waals surface area contributed by atoms with Crippen LogP contribution in [0.3, 0.4) is 0 Å². The average Bonchev–Trinajstić information content (AvgIpc) is 2.52. The molecule has 0 amide bonds. The lowest BCUT2D eigenvalue weighted by molar-refractivity contribution is -0.145. The maximum absolute atomic E-state index is 11.2. The molecule has 0 aromatic carbocycles. The van der Waals surface area contributed by atoms with Gasteiger partial charge in [0.15, 0.2) is 0 Å². The zero-order valence-corrected chi connectivity index (χ0v) is 7.17. The molecule has 0 aromatic heterocycles. The number of carbonyl (C=O) groups excluding carboxylic acids is 1. The summed E-state index contributed by atoms with van der Waals surface area (Å²) >= 11 is 0. The number of esters is 1. The summed E-state index contributed by atoms with van der Waals surface area (Å²) in [5.74, 6) is 2.39. The van der Waals surface area contributed by atoms with Crippen molar-refractivity contribution in [3.8, 4) is 12.3 Å². The third-order valence-electron chi connectivity index (χ3n) is 1.92. The van der Waals surface area contributed by atoms with Crippen LogP contribution in [-0.2, 0) is 9.53 Å². The highest BCUT2D eigenvalue weighted by molar-refractivity contribution is 5.76. The van der Waals surface area contributed by atoms with Crippen molar-refractivity contribution in [3.63, 3.8) is 0 Å². The Morgan fingerprint density at radius 3 is 3.00 bits per heavy atom. The molecule has 1 saturated heterocycles. The second-order valence-corrected chi connectivity index (χ2v) is 2.77. The van der Waals surface area contributed by atoms with Gasteiger partial charge in [-0.05, 0) is 19.8 Å². The van der Waals surface area contributed by atoms with Crippen LogP contribution in [0.15, 0.2) is 0 Å². The molecular formula is C9H13NO2. The Labute approximate surface area is 72.5 Å². The van der Waals surface area contributed by atoms with E-state index in [1.165, 1.54) is 0 Å². The van der Waals surface area contributed by atoms with Gasteiger partial charge >= 0.3 is 5.97 Å². The molecule has 0 saturated carbocycles. The van der Waals surface area contributed by atoms with Gasteiger partial charge in [-0.3, -0.25) is 10.1 Å². The van der Waals surface area contributed by atoms with Crippen molar-refractivity contribution in [2.75, 3.05) is 6.61 Å². The minimum absolute atomic E-state index is 0.0411. The minimum atomic E-state index is -0.189. The standard InChI is InChI=1S/C9H13NO2/c1-3-7-5-6-8(10-7)9(11)12-4-2/h1,7-8,10H,4-6H2,2H3/t7-,8-/m0/s1. The van der Waals surface area contributed by atoms with Crippen molar-refractivity contribution in [2.45, 2.75) is 31.8 Å². The predicted octanol–water partition coefficient (Wildman–Crippen LogP) is 0.303. The summed E-state index contributed by atoms with van der Waals surface area (Å²) in [5.41, 5.74) is 0. The van der Waals surface area contributed by atoms with Crippen LogP contribution in [0.2, 0.25) is 0 Å². The van der Waals surface area contributed by atoms with Gasteiger partial charge in [-0.15, -0.1) is 6.42 Å². The number of ether oxygens (including phenoxy) is 1. The van der Waals surface area contributed by atoms with Gasteiger partial charge in [0, 0.05) is 0 Å². The predicted molar refractivity (Wildman–Crippen MR) is 45.4 cm³/mol. The minimum Gasteiger partial charge on any atom is -0.465 e. The van der Waals surface area contributed by atoms with Crippen molar-refractivity contribution >= 4 is 5.97 Å². The molecule has 1 fully saturated rings. The Morgan fingerprint density at radius 1 is 1.75 bits per heavy atom. The summed E-state index contributed by atoms with van der Waals surface area (Å²) in [6, 6.07) is -0.148. The van der Waals surface area contributed by atoms with Crippen LogP contribution in [0.25, 0.3) is 0 Å². The Kier molecular flexibility index (Phi) is 3.12. The van der Waals surface area contributed by atoms with E-state index in [1.807, 2.05) is 0 Å². The summed E-state index contributed by atoms with van der Waals surface area (Å²) in [7, 11) is 0. The van der Waals surface area contributed by atoms with Crippen molar-refractivity contribution in [2.24, 2.45) is 0 Å². The molecule has 0 radical (unpaired) electrons. The zero-order valence-electron chi connectivity index (χ0n) is 7.17. The molecule has 0 aliphatic carbocycles. The smallest absolute Gasteiger partial charge is 0.323 e.